The van der Waals surface area contributed by atoms with Gasteiger partial charge in [-0.15, -0.1) is 0 Å². The Morgan fingerprint density at radius 1 is 1.00 bits per heavy atom. The molecule has 2 aromatic heterocycles. The van der Waals surface area contributed by atoms with Gasteiger partial charge in [0.05, 0.1) is 30.2 Å². The molecule has 8 heteroatoms. The Morgan fingerprint density at radius 2 is 1.79 bits per heavy atom. The first-order valence-electron chi connectivity index (χ1n) is 10.2. The minimum absolute atomic E-state index is 0.557. The average Bonchev–Trinajstić information content (AvgIpc) is 3.26. The Morgan fingerprint density at radius 3 is 2.55 bits per heavy atom. The van der Waals surface area contributed by atoms with E-state index >= 15 is 0 Å². The number of pyridine rings is 1. The summed E-state index contributed by atoms with van der Waals surface area (Å²) in [7, 11) is 0. The van der Waals surface area contributed by atoms with Crippen LogP contribution >= 0.6 is 11.8 Å². The molecule has 0 N–H and O–H groups in total. The molecule has 7 nitrogen and oxygen atoms in total. The number of piperazine rings is 1. The zero-order valence-electron chi connectivity index (χ0n) is 16.6. The zero-order chi connectivity index (χ0) is 19.8. The minimum Gasteiger partial charge on any atom is -0.376 e. The van der Waals surface area contributed by atoms with Gasteiger partial charge < -0.3 is 14.5 Å². The zero-order valence-corrected chi connectivity index (χ0v) is 17.5. The molecule has 1 saturated heterocycles. The van der Waals surface area contributed by atoms with E-state index in [1.165, 1.54) is 17.7 Å². The van der Waals surface area contributed by atoms with E-state index in [4.69, 9.17) is 19.7 Å². The molecular formula is C21H24N6OS. The maximum Gasteiger partial charge on any atom is 0.189 e. The van der Waals surface area contributed by atoms with Crippen LogP contribution in [0.25, 0.3) is 0 Å². The van der Waals surface area contributed by atoms with E-state index in [9.17, 15) is 5.26 Å². The monoisotopic (exact) mass is 408 g/mol. The van der Waals surface area contributed by atoms with Gasteiger partial charge in [0, 0.05) is 43.7 Å². The van der Waals surface area contributed by atoms with Crippen LogP contribution in [0.2, 0.25) is 0 Å². The van der Waals surface area contributed by atoms with E-state index in [1.54, 1.807) is 11.8 Å². The average molecular weight is 409 g/mol. The van der Waals surface area contributed by atoms with Crippen molar-refractivity contribution in [2.24, 2.45) is 0 Å². The van der Waals surface area contributed by atoms with Crippen molar-refractivity contribution in [3.8, 4) is 6.07 Å². The molecule has 2 aliphatic heterocycles. The second kappa shape index (κ2) is 7.81. The van der Waals surface area contributed by atoms with Crippen molar-refractivity contribution in [3.05, 3.63) is 34.1 Å². The summed E-state index contributed by atoms with van der Waals surface area (Å²) in [6.45, 7) is 4.69. The SMILES string of the molecule is CSc1nc2c(c(N3CCN(c4nc5c(cc4C#N)COCC5)CC3)n1)CCC2. The van der Waals surface area contributed by atoms with Crippen LogP contribution in [0.1, 0.15) is 34.5 Å². The Kier molecular flexibility index (Phi) is 5.02. The van der Waals surface area contributed by atoms with Gasteiger partial charge in [-0.3, -0.25) is 0 Å². The largest absolute Gasteiger partial charge is 0.376 e. The number of anilines is 2. The van der Waals surface area contributed by atoms with Crippen molar-refractivity contribution >= 4 is 23.4 Å². The van der Waals surface area contributed by atoms with Crippen molar-refractivity contribution in [2.45, 2.75) is 37.4 Å². The second-order valence-electron chi connectivity index (χ2n) is 7.67. The molecule has 0 saturated carbocycles. The third-order valence-corrected chi connectivity index (χ3v) is 6.53. The molecule has 2 aromatic rings. The van der Waals surface area contributed by atoms with E-state index in [1.807, 2.05) is 12.3 Å². The molecule has 1 aliphatic carbocycles. The third kappa shape index (κ3) is 3.43. The van der Waals surface area contributed by atoms with Crippen molar-refractivity contribution in [3.63, 3.8) is 0 Å². The van der Waals surface area contributed by atoms with E-state index in [-0.39, 0.29) is 0 Å². The van der Waals surface area contributed by atoms with Gasteiger partial charge in [-0.1, -0.05) is 11.8 Å². The van der Waals surface area contributed by atoms with Crippen LogP contribution in [-0.4, -0.2) is 54.0 Å². The van der Waals surface area contributed by atoms with Crippen molar-refractivity contribution < 1.29 is 4.74 Å². The first kappa shape index (κ1) is 18.6. The number of rotatable bonds is 3. The number of nitrogens with zero attached hydrogens (tertiary/aromatic N) is 6. The fraction of sp³-hybridized carbons (Fsp3) is 0.524. The Bertz CT molecular complexity index is 980. The molecule has 29 heavy (non-hydrogen) atoms. The summed E-state index contributed by atoms with van der Waals surface area (Å²) in [4.78, 5) is 19.1. The summed E-state index contributed by atoms with van der Waals surface area (Å²) >= 11 is 1.61. The Labute approximate surface area is 175 Å². The van der Waals surface area contributed by atoms with Gasteiger partial charge in [0.1, 0.15) is 17.7 Å². The van der Waals surface area contributed by atoms with Crippen LogP contribution < -0.4 is 9.80 Å². The number of nitriles is 1. The van der Waals surface area contributed by atoms with Gasteiger partial charge in [-0.2, -0.15) is 5.26 Å². The first-order chi connectivity index (χ1) is 14.3. The Hall–Kier alpha value is -2.37. The molecule has 0 aromatic carbocycles. The summed E-state index contributed by atoms with van der Waals surface area (Å²) in [5.41, 5.74) is 5.34. The minimum atomic E-state index is 0.557. The summed E-state index contributed by atoms with van der Waals surface area (Å²) < 4.78 is 5.52. The van der Waals surface area contributed by atoms with Gasteiger partial charge in [0.15, 0.2) is 5.16 Å². The van der Waals surface area contributed by atoms with Gasteiger partial charge in [-0.25, -0.2) is 15.0 Å². The molecule has 0 bridgehead atoms. The van der Waals surface area contributed by atoms with Crippen LogP contribution in [0, 0.1) is 11.3 Å². The number of fused-ring (bicyclic) bond motifs is 2. The van der Waals surface area contributed by atoms with Crippen LogP contribution in [0.15, 0.2) is 11.2 Å². The van der Waals surface area contributed by atoms with E-state index in [0.717, 1.165) is 73.5 Å². The molecule has 150 valence electrons. The highest BCUT2D eigenvalue weighted by Gasteiger charge is 2.27. The molecule has 1 fully saturated rings. The van der Waals surface area contributed by atoms with E-state index in [2.05, 4.69) is 15.9 Å². The van der Waals surface area contributed by atoms with E-state index < -0.39 is 0 Å². The highest BCUT2D eigenvalue weighted by Crippen LogP contribution is 2.32. The number of aryl methyl sites for hydroxylation is 1. The molecule has 0 unspecified atom stereocenters. The van der Waals surface area contributed by atoms with Crippen LogP contribution in [0.5, 0.6) is 0 Å². The number of ether oxygens (including phenoxy) is 1. The van der Waals surface area contributed by atoms with Crippen molar-refractivity contribution in [1.82, 2.24) is 15.0 Å². The lowest BCUT2D eigenvalue weighted by atomic mass is 10.1. The van der Waals surface area contributed by atoms with Gasteiger partial charge >= 0.3 is 0 Å². The topological polar surface area (TPSA) is 78.2 Å². The highest BCUT2D eigenvalue weighted by molar-refractivity contribution is 7.98. The standard InChI is InChI=1S/C21H24N6OS/c1-29-21-24-18-4-2-3-16(18)20(25-21)27-8-6-26(7-9-27)19-14(12-22)11-15-13-28-10-5-17(15)23-19/h11H,2-10,13H2,1H3. The quantitative estimate of drug-likeness (QED) is 0.566. The fourth-order valence-electron chi connectivity index (χ4n) is 4.47. The molecule has 3 aliphatic rings. The molecule has 0 atom stereocenters. The molecule has 0 spiro atoms. The third-order valence-electron chi connectivity index (χ3n) is 5.98. The molecule has 4 heterocycles. The summed E-state index contributed by atoms with van der Waals surface area (Å²) in [5.74, 6) is 1.94. The lowest BCUT2D eigenvalue weighted by molar-refractivity contribution is 0.109. The van der Waals surface area contributed by atoms with Crippen molar-refractivity contribution in [1.29, 1.82) is 5.26 Å². The number of hydrogen-bond donors (Lipinski definition) is 0. The van der Waals surface area contributed by atoms with Gasteiger partial charge in [-0.05, 0) is 31.6 Å². The number of thioether (sulfide) groups is 1. The van der Waals surface area contributed by atoms with Gasteiger partial charge in [0.2, 0.25) is 0 Å². The van der Waals surface area contributed by atoms with Gasteiger partial charge in [0.25, 0.3) is 0 Å². The lowest BCUT2D eigenvalue weighted by Crippen LogP contribution is -2.47. The maximum absolute atomic E-state index is 9.66. The fourth-order valence-corrected chi connectivity index (χ4v) is 4.85. The predicted octanol–water partition coefficient (Wildman–Crippen LogP) is 2.35. The highest BCUT2D eigenvalue weighted by atomic mass is 32.2. The first-order valence-corrected chi connectivity index (χ1v) is 11.4. The molecular weight excluding hydrogens is 384 g/mol. The normalized spacial score (nSPS) is 18.3. The summed E-state index contributed by atoms with van der Waals surface area (Å²) in [5, 5.41) is 10.5. The lowest BCUT2D eigenvalue weighted by Gasteiger charge is -2.37. The summed E-state index contributed by atoms with van der Waals surface area (Å²) in [6.07, 6.45) is 6.16. The van der Waals surface area contributed by atoms with Crippen LogP contribution in [0.4, 0.5) is 11.6 Å². The van der Waals surface area contributed by atoms with Crippen LogP contribution in [-0.2, 0) is 30.6 Å². The number of aromatic nitrogens is 3. The molecule has 5 rings (SSSR count). The number of hydrogen-bond acceptors (Lipinski definition) is 8. The smallest absolute Gasteiger partial charge is 0.189 e. The predicted molar refractivity (Wildman–Crippen MR) is 113 cm³/mol. The Balaban J connectivity index is 1.38. The van der Waals surface area contributed by atoms with Crippen molar-refractivity contribution in [2.75, 3.05) is 48.8 Å². The second-order valence-corrected chi connectivity index (χ2v) is 8.44. The summed E-state index contributed by atoms with van der Waals surface area (Å²) in [6, 6.07) is 4.30. The van der Waals surface area contributed by atoms with Crippen LogP contribution in [0.3, 0.4) is 0 Å². The molecule has 0 amide bonds. The molecule has 0 radical (unpaired) electrons. The van der Waals surface area contributed by atoms with E-state index in [0.29, 0.717) is 18.8 Å². The maximum atomic E-state index is 9.66.